The van der Waals surface area contributed by atoms with Crippen LogP contribution >= 0.6 is 0 Å². The number of aryl methyl sites for hydroxylation is 1. The van der Waals surface area contributed by atoms with Gasteiger partial charge in [0.2, 0.25) is 0 Å². The van der Waals surface area contributed by atoms with Gasteiger partial charge in [-0.3, -0.25) is 0 Å². The molecular weight excluding hydrogens is 256 g/mol. The molecule has 7 nitrogen and oxygen atoms in total. The number of nitrogens with two attached hydrogens (primary N) is 1. The lowest BCUT2D eigenvalue weighted by Crippen LogP contribution is -2.12. The van der Waals surface area contributed by atoms with Gasteiger partial charge in [-0.1, -0.05) is 6.07 Å². The Morgan fingerprint density at radius 1 is 1.20 bits per heavy atom. The molecule has 2 rings (SSSR count). The minimum absolute atomic E-state index is 0.452. The SMILES string of the molecule is COCCNc1ncnc(Nc2ncccc2C)c1N. The quantitative estimate of drug-likeness (QED) is 0.688. The highest BCUT2D eigenvalue weighted by Crippen LogP contribution is 2.25. The summed E-state index contributed by atoms with van der Waals surface area (Å²) in [5, 5.41) is 6.21. The van der Waals surface area contributed by atoms with Crippen LogP contribution in [0.3, 0.4) is 0 Å². The summed E-state index contributed by atoms with van der Waals surface area (Å²) in [6.45, 7) is 3.16. The third-order valence-electron chi connectivity index (χ3n) is 2.73. The van der Waals surface area contributed by atoms with Crippen LogP contribution in [-0.4, -0.2) is 35.2 Å². The van der Waals surface area contributed by atoms with Crippen molar-refractivity contribution in [1.82, 2.24) is 15.0 Å². The molecule has 0 aliphatic rings. The highest BCUT2D eigenvalue weighted by atomic mass is 16.5. The van der Waals surface area contributed by atoms with E-state index in [1.54, 1.807) is 13.3 Å². The van der Waals surface area contributed by atoms with Gasteiger partial charge in [0, 0.05) is 19.9 Å². The van der Waals surface area contributed by atoms with Crippen LogP contribution < -0.4 is 16.4 Å². The Morgan fingerprint density at radius 3 is 2.75 bits per heavy atom. The van der Waals surface area contributed by atoms with Gasteiger partial charge < -0.3 is 21.1 Å². The van der Waals surface area contributed by atoms with Crippen molar-refractivity contribution in [2.75, 3.05) is 36.6 Å². The van der Waals surface area contributed by atoms with E-state index in [1.807, 2.05) is 19.1 Å². The lowest BCUT2D eigenvalue weighted by atomic mass is 10.3. The van der Waals surface area contributed by atoms with E-state index in [2.05, 4.69) is 25.6 Å². The zero-order chi connectivity index (χ0) is 14.4. The van der Waals surface area contributed by atoms with E-state index in [-0.39, 0.29) is 0 Å². The fourth-order valence-corrected chi connectivity index (χ4v) is 1.64. The van der Waals surface area contributed by atoms with Gasteiger partial charge in [-0.25, -0.2) is 15.0 Å². The van der Waals surface area contributed by atoms with Crippen LogP contribution in [-0.2, 0) is 4.74 Å². The molecule has 4 N–H and O–H groups in total. The van der Waals surface area contributed by atoms with E-state index in [1.165, 1.54) is 6.33 Å². The third kappa shape index (κ3) is 3.33. The largest absolute Gasteiger partial charge is 0.393 e. The molecule has 0 radical (unpaired) electrons. The average Bonchev–Trinajstić information content (AvgIpc) is 2.45. The Morgan fingerprint density at radius 2 is 2.00 bits per heavy atom. The van der Waals surface area contributed by atoms with Crippen LogP contribution in [0.25, 0.3) is 0 Å². The number of methoxy groups -OCH3 is 1. The van der Waals surface area contributed by atoms with Crippen molar-refractivity contribution in [1.29, 1.82) is 0 Å². The number of nitrogens with one attached hydrogen (secondary N) is 2. The molecule has 20 heavy (non-hydrogen) atoms. The second-order valence-electron chi connectivity index (χ2n) is 4.20. The van der Waals surface area contributed by atoms with Gasteiger partial charge in [-0.15, -0.1) is 0 Å². The number of aromatic nitrogens is 3. The van der Waals surface area contributed by atoms with Crippen molar-refractivity contribution >= 4 is 23.1 Å². The van der Waals surface area contributed by atoms with Crippen molar-refractivity contribution in [2.45, 2.75) is 6.92 Å². The van der Waals surface area contributed by atoms with Gasteiger partial charge in [0.1, 0.15) is 17.8 Å². The van der Waals surface area contributed by atoms with E-state index >= 15 is 0 Å². The number of pyridine rings is 1. The second-order valence-corrected chi connectivity index (χ2v) is 4.20. The van der Waals surface area contributed by atoms with Crippen molar-refractivity contribution in [3.63, 3.8) is 0 Å². The molecule has 0 aliphatic carbocycles. The first-order valence-electron chi connectivity index (χ1n) is 6.24. The minimum Gasteiger partial charge on any atom is -0.393 e. The van der Waals surface area contributed by atoms with Crippen LogP contribution in [0.1, 0.15) is 5.56 Å². The van der Waals surface area contributed by atoms with Crippen LogP contribution in [0.2, 0.25) is 0 Å². The van der Waals surface area contributed by atoms with Crippen LogP contribution in [0.4, 0.5) is 23.1 Å². The predicted molar refractivity (Wildman–Crippen MR) is 79.1 cm³/mol. The number of nitrogens with zero attached hydrogens (tertiary/aromatic N) is 3. The Kier molecular flexibility index (Phi) is 4.67. The van der Waals surface area contributed by atoms with E-state index in [9.17, 15) is 0 Å². The van der Waals surface area contributed by atoms with Gasteiger partial charge in [0.25, 0.3) is 0 Å². The maximum Gasteiger partial charge on any atom is 0.160 e. The molecule has 0 aliphatic heterocycles. The Balaban J connectivity index is 2.16. The highest BCUT2D eigenvalue weighted by molar-refractivity contribution is 5.77. The van der Waals surface area contributed by atoms with E-state index in [4.69, 9.17) is 10.5 Å². The number of nitrogen functional groups attached to an aromatic ring is 1. The normalized spacial score (nSPS) is 10.3. The monoisotopic (exact) mass is 274 g/mol. The maximum atomic E-state index is 6.04. The summed E-state index contributed by atoms with van der Waals surface area (Å²) in [5.41, 5.74) is 7.51. The standard InChI is InChI=1S/C13H18N6O/c1-9-4-3-5-15-11(9)19-13-10(14)12(17-8-18-13)16-6-7-20-2/h3-5,8H,6-7,14H2,1-2H3,(H2,15,16,17,18,19). The van der Waals surface area contributed by atoms with Crippen molar-refractivity contribution in [2.24, 2.45) is 0 Å². The summed E-state index contributed by atoms with van der Waals surface area (Å²) in [6.07, 6.45) is 3.16. The molecule has 106 valence electrons. The molecule has 0 bridgehead atoms. The molecule has 0 saturated carbocycles. The first kappa shape index (κ1) is 14.0. The minimum atomic E-state index is 0.452. The van der Waals surface area contributed by atoms with Crippen LogP contribution in [0.15, 0.2) is 24.7 Å². The molecule has 2 aromatic heterocycles. The summed E-state index contributed by atoms with van der Waals surface area (Å²) >= 11 is 0. The van der Waals surface area contributed by atoms with Crippen molar-refractivity contribution < 1.29 is 4.74 Å². The topological polar surface area (TPSA) is 98.0 Å². The molecule has 0 saturated heterocycles. The summed E-state index contributed by atoms with van der Waals surface area (Å²) in [4.78, 5) is 12.5. The number of hydrogen-bond donors (Lipinski definition) is 3. The molecule has 2 heterocycles. The summed E-state index contributed by atoms with van der Waals surface area (Å²) < 4.78 is 4.97. The molecule has 0 aromatic carbocycles. The summed E-state index contributed by atoms with van der Waals surface area (Å²) in [6, 6.07) is 3.84. The lowest BCUT2D eigenvalue weighted by Gasteiger charge is -2.12. The second kappa shape index (κ2) is 6.67. The lowest BCUT2D eigenvalue weighted by molar-refractivity contribution is 0.210. The molecule has 0 spiro atoms. The van der Waals surface area contributed by atoms with Gasteiger partial charge >= 0.3 is 0 Å². The molecular formula is C13H18N6O. The number of anilines is 4. The van der Waals surface area contributed by atoms with Gasteiger partial charge in [0.15, 0.2) is 11.6 Å². The molecule has 7 heteroatoms. The molecule has 0 atom stereocenters. The van der Waals surface area contributed by atoms with Crippen LogP contribution in [0.5, 0.6) is 0 Å². The Labute approximate surface area is 117 Å². The molecule has 2 aromatic rings. The smallest absolute Gasteiger partial charge is 0.160 e. The molecule has 0 fully saturated rings. The summed E-state index contributed by atoms with van der Waals surface area (Å²) in [7, 11) is 1.64. The Hall–Kier alpha value is -2.41. The first-order chi connectivity index (χ1) is 9.72. The van der Waals surface area contributed by atoms with E-state index < -0.39 is 0 Å². The average molecular weight is 274 g/mol. The zero-order valence-corrected chi connectivity index (χ0v) is 11.6. The van der Waals surface area contributed by atoms with E-state index in [0.29, 0.717) is 30.5 Å². The maximum absolute atomic E-state index is 6.04. The van der Waals surface area contributed by atoms with Gasteiger partial charge in [-0.2, -0.15) is 0 Å². The summed E-state index contributed by atoms with van der Waals surface area (Å²) in [5.74, 6) is 1.83. The van der Waals surface area contributed by atoms with E-state index in [0.717, 1.165) is 11.4 Å². The number of ether oxygens (including phenoxy) is 1. The van der Waals surface area contributed by atoms with Gasteiger partial charge in [0.05, 0.1) is 6.61 Å². The fourth-order valence-electron chi connectivity index (χ4n) is 1.64. The third-order valence-corrected chi connectivity index (χ3v) is 2.73. The fraction of sp³-hybridized carbons (Fsp3) is 0.308. The predicted octanol–water partition coefficient (Wildman–Crippen LogP) is 1.56. The number of hydrogen-bond acceptors (Lipinski definition) is 7. The van der Waals surface area contributed by atoms with Crippen LogP contribution in [0, 0.1) is 6.92 Å². The van der Waals surface area contributed by atoms with Crippen molar-refractivity contribution in [3.8, 4) is 0 Å². The zero-order valence-electron chi connectivity index (χ0n) is 11.6. The molecule has 0 unspecified atom stereocenters. The van der Waals surface area contributed by atoms with Gasteiger partial charge in [-0.05, 0) is 18.6 Å². The highest BCUT2D eigenvalue weighted by Gasteiger charge is 2.09. The Bertz CT molecular complexity index is 575. The number of rotatable bonds is 6. The van der Waals surface area contributed by atoms with Crippen molar-refractivity contribution in [3.05, 3.63) is 30.2 Å². The molecule has 0 amide bonds. The first-order valence-corrected chi connectivity index (χ1v) is 6.24.